The number of carbonyl (C=O) groups is 2. The van der Waals surface area contributed by atoms with Crippen molar-refractivity contribution in [3.05, 3.63) is 64.2 Å². The van der Waals surface area contributed by atoms with Gasteiger partial charge in [-0.05, 0) is 72.8 Å². The predicted molar refractivity (Wildman–Crippen MR) is 122 cm³/mol. The fourth-order valence-corrected chi connectivity index (χ4v) is 3.40. The van der Waals surface area contributed by atoms with E-state index in [1.54, 1.807) is 41.3 Å². The zero-order valence-electron chi connectivity index (χ0n) is 17.8. The smallest absolute Gasteiger partial charge is 0.254 e. The van der Waals surface area contributed by atoms with Crippen LogP contribution in [0.5, 0.6) is 0 Å². The van der Waals surface area contributed by atoms with Gasteiger partial charge in [0.25, 0.3) is 5.91 Å². The number of amides is 2. The van der Waals surface area contributed by atoms with Crippen molar-refractivity contribution in [1.82, 2.24) is 4.90 Å². The Morgan fingerprint density at radius 3 is 2.48 bits per heavy atom. The van der Waals surface area contributed by atoms with Gasteiger partial charge in [0.1, 0.15) is 0 Å². The molecule has 0 atom stereocenters. The molecule has 3 rings (SSSR count). The van der Waals surface area contributed by atoms with Gasteiger partial charge in [-0.3, -0.25) is 9.59 Å². The topological polar surface area (TPSA) is 99.2 Å². The van der Waals surface area contributed by atoms with Crippen LogP contribution >= 0.6 is 11.6 Å². The molecule has 0 saturated heterocycles. The van der Waals surface area contributed by atoms with Crippen molar-refractivity contribution in [1.29, 1.82) is 5.26 Å². The van der Waals surface area contributed by atoms with Crippen molar-refractivity contribution in [2.24, 2.45) is 17.1 Å². The molecular formula is C24H27ClN4O2. The van der Waals surface area contributed by atoms with Crippen molar-refractivity contribution in [2.75, 3.05) is 18.4 Å². The van der Waals surface area contributed by atoms with Crippen LogP contribution in [0, 0.1) is 22.7 Å². The Balaban J connectivity index is 1.86. The van der Waals surface area contributed by atoms with Crippen molar-refractivity contribution in [2.45, 2.75) is 33.2 Å². The van der Waals surface area contributed by atoms with Gasteiger partial charge in [-0.15, -0.1) is 0 Å². The highest BCUT2D eigenvalue weighted by Gasteiger charge is 2.30. The SMILES string of the molecule is CC(C)(CN)CN(Cc1cc(NC(=O)C2CC2)ccc1Cl)C(=O)c1ccc(C#N)cc1. The van der Waals surface area contributed by atoms with Gasteiger partial charge < -0.3 is 16.0 Å². The average Bonchev–Trinajstić information content (AvgIpc) is 3.60. The van der Waals surface area contributed by atoms with E-state index in [0.717, 1.165) is 18.4 Å². The second-order valence-electron chi connectivity index (χ2n) is 8.79. The molecule has 1 saturated carbocycles. The highest BCUT2D eigenvalue weighted by molar-refractivity contribution is 6.31. The number of hydrogen-bond donors (Lipinski definition) is 2. The van der Waals surface area contributed by atoms with Crippen LogP contribution in [-0.2, 0) is 11.3 Å². The van der Waals surface area contributed by atoms with Crippen LogP contribution in [0.25, 0.3) is 0 Å². The first kappa shape index (κ1) is 22.8. The van der Waals surface area contributed by atoms with Crippen LogP contribution in [-0.4, -0.2) is 29.8 Å². The molecule has 0 bridgehead atoms. The summed E-state index contributed by atoms with van der Waals surface area (Å²) in [5.41, 5.74) is 8.01. The van der Waals surface area contributed by atoms with Crippen LogP contribution in [0.4, 0.5) is 5.69 Å². The van der Waals surface area contributed by atoms with E-state index in [0.29, 0.717) is 34.9 Å². The number of halogens is 1. The summed E-state index contributed by atoms with van der Waals surface area (Å²) in [6.07, 6.45) is 1.85. The van der Waals surface area contributed by atoms with Crippen molar-refractivity contribution < 1.29 is 9.59 Å². The van der Waals surface area contributed by atoms with Crippen LogP contribution in [0.1, 0.15) is 48.2 Å². The molecule has 2 aromatic rings. The van der Waals surface area contributed by atoms with Gasteiger partial charge in [0, 0.05) is 35.3 Å². The Bertz CT molecular complexity index is 1010. The second-order valence-corrected chi connectivity index (χ2v) is 9.20. The lowest BCUT2D eigenvalue weighted by atomic mass is 9.92. The largest absolute Gasteiger partial charge is 0.334 e. The number of anilines is 1. The summed E-state index contributed by atoms with van der Waals surface area (Å²) in [6.45, 7) is 5.11. The lowest BCUT2D eigenvalue weighted by Crippen LogP contribution is -2.41. The first-order chi connectivity index (χ1) is 14.7. The first-order valence-electron chi connectivity index (χ1n) is 10.3. The average molecular weight is 439 g/mol. The number of carbonyl (C=O) groups excluding carboxylic acids is 2. The summed E-state index contributed by atoms with van der Waals surface area (Å²) in [5.74, 6) is -0.0588. The molecular weight excluding hydrogens is 412 g/mol. The number of nitrogens with two attached hydrogens (primary N) is 1. The van der Waals surface area contributed by atoms with E-state index < -0.39 is 0 Å². The quantitative estimate of drug-likeness (QED) is 0.645. The maximum Gasteiger partial charge on any atom is 0.254 e. The van der Waals surface area contributed by atoms with E-state index in [1.165, 1.54) is 0 Å². The number of nitriles is 1. The molecule has 1 aliphatic carbocycles. The highest BCUT2D eigenvalue weighted by Crippen LogP contribution is 2.31. The van der Waals surface area contributed by atoms with Gasteiger partial charge in [0.15, 0.2) is 0 Å². The maximum absolute atomic E-state index is 13.3. The zero-order valence-corrected chi connectivity index (χ0v) is 18.6. The van der Waals surface area contributed by atoms with Gasteiger partial charge >= 0.3 is 0 Å². The van der Waals surface area contributed by atoms with Crippen LogP contribution < -0.4 is 11.1 Å². The van der Waals surface area contributed by atoms with E-state index in [4.69, 9.17) is 22.6 Å². The lowest BCUT2D eigenvalue weighted by molar-refractivity contribution is -0.117. The summed E-state index contributed by atoms with van der Waals surface area (Å²) >= 11 is 6.44. The summed E-state index contributed by atoms with van der Waals surface area (Å²) in [4.78, 5) is 27.1. The molecule has 0 spiro atoms. The fraction of sp³-hybridized carbons (Fsp3) is 0.375. The third kappa shape index (κ3) is 6.06. The monoisotopic (exact) mass is 438 g/mol. The van der Waals surface area contributed by atoms with Crippen LogP contribution in [0.15, 0.2) is 42.5 Å². The van der Waals surface area contributed by atoms with Gasteiger partial charge in [-0.25, -0.2) is 0 Å². The Kier molecular flexibility index (Phi) is 6.99. The molecule has 1 aliphatic rings. The van der Waals surface area contributed by atoms with Gasteiger partial charge in [0.05, 0.1) is 11.6 Å². The second kappa shape index (κ2) is 9.51. The summed E-state index contributed by atoms with van der Waals surface area (Å²) in [5, 5.41) is 12.5. The Morgan fingerprint density at radius 1 is 1.23 bits per heavy atom. The van der Waals surface area contributed by atoms with Crippen molar-refractivity contribution in [3.63, 3.8) is 0 Å². The van der Waals surface area contributed by atoms with Crippen molar-refractivity contribution in [3.8, 4) is 6.07 Å². The van der Waals surface area contributed by atoms with Gasteiger partial charge in [-0.1, -0.05) is 25.4 Å². The molecule has 0 aliphatic heterocycles. The van der Waals surface area contributed by atoms with E-state index in [2.05, 4.69) is 11.4 Å². The molecule has 31 heavy (non-hydrogen) atoms. The van der Waals surface area contributed by atoms with E-state index in [-0.39, 0.29) is 29.7 Å². The van der Waals surface area contributed by atoms with E-state index >= 15 is 0 Å². The molecule has 6 nitrogen and oxygen atoms in total. The first-order valence-corrected chi connectivity index (χ1v) is 10.7. The molecule has 7 heteroatoms. The molecule has 0 radical (unpaired) electrons. The van der Waals surface area contributed by atoms with E-state index in [1.807, 2.05) is 19.9 Å². The molecule has 2 aromatic carbocycles. The number of nitrogens with one attached hydrogen (secondary N) is 1. The van der Waals surface area contributed by atoms with Crippen LogP contribution in [0.2, 0.25) is 5.02 Å². The van der Waals surface area contributed by atoms with Gasteiger partial charge in [0.2, 0.25) is 5.91 Å². The van der Waals surface area contributed by atoms with E-state index in [9.17, 15) is 9.59 Å². The minimum Gasteiger partial charge on any atom is -0.334 e. The summed E-state index contributed by atoms with van der Waals surface area (Å²) < 4.78 is 0. The summed E-state index contributed by atoms with van der Waals surface area (Å²) in [7, 11) is 0. The molecule has 162 valence electrons. The lowest BCUT2D eigenvalue weighted by Gasteiger charge is -2.32. The molecule has 2 amide bonds. The van der Waals surface area contributed by atoms with Crippen molar-refractivity contribution >= 4 is 29.1 Å². The Labute approximate surface area is 188 Å². The number of hydrogen-bond acceptors (Lipinski definition) is 4. The third-order valence-corrected chi connectivity index (χ3v) is 5.71. The number of rotatable bonds is 8. The normalized spacial score (nSPS) is 13.4. The molecule has 0 heterocycles. The minimum atomic E-state index is -0.299. The maximum atomic E-state index is 13.3. The highest BCUT2D eigenvalue weighted by atomic mass is 35.5. The van der Waals surface area contributed by atoms with Crippen LogP contribution in [0.3, 0.4) is 0 Å². The number of benzene rings is 2. The van der Waals surface area contributed by atoms with Gasteiger partial charge in [-0.2, -0.15) is 5.26 Å². The standard InChI is InChI=1S/C24H27ClN4O2/c1-24(2,14-27)15-29(23(31)18-5-3-16(12-26)4-6-18)13-19-11-20(9-10-21(19)25)28-22(30)17-7-8-17/h3-6,9-11,17H,7-8,13-15,27H2,1-2H3,(H,28,30). The minimum absolute atomic E-state index is 0.0167. The third-order valence-electron chi connectivity index (χ3n) is 5.34. The molecule has 0 unspecified atom stereocenters. The molecule has 0 aromatic heterocycles. The Morgan fingerprint density at radius 2 is 1.90 bits per heavy atom. The molecule has 1 fully saturated rings. The zero-order chi connectivity index (χ0) is 22.6. The number of nitrogens with zero attached hydrogens (tertiary/aromatic N) is 2. The molecule has 3 N–H and O–H groups in total. The summed E-state index contributed by atoms with van der Waals surface area (Å²) in [6, 6.07) is 13.9. The predicted octanol–water partition coefficient (Wildman–Crippen LogP) is 4.19. The fourth-order valence-electron chi connectivity index (χ4n) is 3.22. The Hall–Kier alpha value is -2.88.